The molecule has 0 radical (unpaired) electrons. The topological polar surface area (TPSA) is 32.7 Å². The van der Waals surface area contributed by atoms with E-state index in [0.717, 1.165) is 18.9 Å². The summed E-state index contributed by atoms with van der Waals surface area (Å²) in [7, 11) is 1.80. The van der Waals surface area contributed by atoms with Crippen LogP contribution in [0.5, 0.6) is 0 Å². The molecule has 2 aliphatic rings. The number of ether oxygens (including phenoxy) is 1. The Morgan fingerprint density at radius 3 is 2.82 bits per heavy atom. The predicted molar refractivity (Wildman–Crippen MR) is 69.0 cm³/mol. The summed E-state index contributed by atoms with van der Waals surface area (Å²) >= 11 is 0. The van der Waals surface area contributed by atoms with Crippen LogP contribution in [0.2, 0.25) is 0 Å². The van der Waals surface area contributed by atoms with Gasteiger partial charge in [-0.15, -0.1) is 0 Å². The molecule has 3 atom stereocenters. The molecule has 3 heteroatoms. The van der Waals surface area contributed by atoms with Gasteiger partial charge in [-0.2, -0.15) is 0 Å². The van der Waals surface area contributed by atoms with Crippen molar-refractivity contribution >= 4 is 0 Å². The minimum atomic E-state index is -0.0189. The zero-order valence-corrected chi connectivity index (χ0v) is 11.1. The van der Waals surface area contributed by atoms with Gasteiger partial charge in [-0.3, -0.25) is 0 Å². The van der Waals surface area contributed by atoms with Crippen molar-refractivity contribution in [2.45, 2.75) is 44.6 Å². The lowest BCUT2D eigenvalue weighted by Gasteiger charge is -2.33. The highest BCUT2D eigenvalue weighted by Crippen LogP contribution is 2.29. The highest BCUT2D eigenvalue weighted by atomic mass is 16.5. The van der Waals surface area contributed by atoms with Crippen LogP contribution in [-0.2, 0) is 4.74 Å². The Balaban J connectivity index is 1.67. The Morgan fingerprint density at radius 1 is 1.24 bits per heavy atom. The number of aliphatic hydroxyl groups excluding tert-OH is 1. The van der Waals surface area contributed by atoms with Crippen LogP contribution >= 0.6 is 0 Å². The van der Waals surface area contributed by atoms with Crippen molar-refractivity contribution in [3.8, 4) is 0 Å². The van der Waals surface area contributed by atoms with Gasteiger partial charge in [0.25, 0.3) is 0 Å². The molecule has 1 saturated heterocycles. The molecule has 1 saturated carbocycles. The van der Waals surface area contributed by atoms with E-state index in [4.69, 9.17) is 4.74 Å². The fraction of sp³-hybridized carbons (Fsp3) is 1.00. The molecule has 0 aromatic rings. The van der Waals surface area contributed by atoms with Gasteiger partial charge in [-0.1, -0.05) is 6.42 Å². The number of piperidine rings is 1. The summed E-state index contributed by atoms with van der Waals surface area (Å²) in [6.45, 7) is 4.50. The molecule has 0 bridgehead atoms. The average Bonchev–Trinajstić information content (AvgIpc) is 2.73. The Bertz CT molecular complexity index is 220. The number of hydrogen-bond donors (Lipinski definition) is 1. The molecule has 1 N–H and O–H groups in total. The smallest absolute Gasteiger partial charge is 0.0568 e. The second kappa shape index (κ2) is 6.72. The van der Waals surface area contributed by atoms with E-state index in [2.05, 4.69) is 4.90 Å². The normalized spacial score (nSPS) is 35.3. The van der Waals surface area contributed by atoms with Crippen LogP contribution in [0, 0.1) is 11.8 Å². The first-order valence-corrected chi connectivity index (χ1v) is 7.19. The van der Waals surface area contributed by atoms with Crippen LogP contribution in [0.4, 0.5) is 0 Å². The minimum Gasteiger partial charge on any atom is -0.393 e. The maximum atomic E-state index is 9.82. The van der Waals surface area contributed by atoms with Crippen LogP contribution in [0.15, 0.2) is 0 Å². The van der Waals surface area contributed by atoms with Crippen LogP contribution in [0.25, 0.3) is 0 Å². The monoisotopic (exact) mass is 241 g/mol. The first-order chi connectivity index (χ1) is 8.29. The molecule has 17 heavy (non-hydrogen) atoms. The Labute approximate surface area is 105 Å². The number of nitrogens with zero attached hydrogens (tertiary/aromatic N) is 1. The summed E-state index contributed by atoms with van der Waals surface area (Å²) in [6, 6.07) is 0. The molecule has 0 aromatic heterocycles. The van der Waals surface area contributed by atoms with Crippen molar-refractivity contribution in [1.82, 2.24) is 4.90 Å². The maximum absolute atomic E-state index is 9.82. The summed E-state index contributed by atoms with van der Waals surface area (Å²) in [5, 5.41) is 9.82. The number of rotatable bonds is 5. The highest BCUT2D eigenvalue weighted by molar-refractivity contribution is 4.79. The lowest BCUT2D eigenvalue weighted by Crippen LogP contribution is -2.38. The first-order valence-electron chi connectivity index (χ1n) is 7.19. The van der Waals surface area contributed by atoms with Crippen molar-refractivity contribution < 1.29 is 9.84 Å². The molecule has 1 heterocycles. The largest absolute Gasteiger partial charge is 0.393 e. The summed E-state index contributed by atoms with van der Waals surface area (Å²) in [6.07, 6.45) is 7.26. The van der Waals surface area contributed by atoms with Crippen molar-refractivity contribution in [1.29, 1.82) is 0 Å². The molecule has 1 aliphatic carbocycles. The minimum absolute atomic E-state index is 0.0189. The summed E-state index contributed by atoms with van der Waals surface area (Å²) in [5.74, 6) is 1.29. The van der Waals surface area contributed by atoms with E-state index in [9.17, 15) is 5.11 Å². The zero-order chi connectivity index (χ0) is 12.1. The van der Waals surface area contributed by atoms with Gasteiger partial charge in [0.05, 0.1) is 12.7 Å². The van der Waals surface area contributed by atoms with Crippen LogP contribution < -0.4 is 0 Å². The van der Waals surface area contributed by atoms with Crippen LogP contribution in [-0.4, -0.2) is 49.5 Å². The average molecular weight is 241 g/mol. The summed E-state index contributed by atoms with van der Waals surface area (Å²) in [5.41, 5.74) is 0. The number of methoxy groups -OCH3 is 1. The number of aliphatic hydroxyl groups is 1. The molecule has 0 amide bonds. The lowest BCUT2D eigenvalue weighted by molar-refractivity contribution is 0.0779. The van der Waals surface area contributed by atoms with Crippen LogP contribution in [0.1, 0.15) is 38.5 Å². The Kier molecular flexibility index (Phi) is 5.26. The van der Waals surface area contributed by atoms with Gasteiger partial charge < -0.3 is 14.7 Å². The third kappa shape index (κ3) is 3.94. The molecule has 3 unspecified atom stereocenters. The molecule has 2 fully saturated rings. The Morgan fingerprint density at radius 2 is 2.12 bits per heavy atom. The molecule has 100 valence electrons. The van der Waals surface area contributed by atoms with Gasteiger partial charge in [-0.05, 0) is 57.0 Å². The van der Waals surface area contributed by atoms with Gasteiger partial charge >= 0.3 is 0 Å². The Hall–Kier alpha value is -0.120. The van der Waals surface area contributed by atoms with Gasteiger partial charge in [0.1, 0.15) is 0 Å². The SMILES string of the molecule is COCC1CCCN(CCC2CCCC2O)C1. The fourth-order valence-corrected chi connectivity index (χ4v) is 3.43. The molecule has 2 rings (SSSR count). The second-order valence-electron chi connectivity index (χ2n) is 5.81. The standard InChI is InChI=1S/C14H27NO2/c1-17-11-12-4-3-8-15(10-12)9-7-13-5-2-6-14(13)16/h12-14,16H,2-11H2,1H3. The zero-order valence-electron chi connectivity index (χ0n) is 11.1. The summed E-state index contributed by atoms with van der Waals surface area (Å²) in [4.78, 5) is 2.57. The predicted octanol–water partition coefficient (Wildman–Crippen LogP) is 1.90. The second-order valence-corrected chi connectivity index (χ2v) is 5.81. The molecular weight excluding hydrogens is 214 g/mol. The van der Waals surface area contributed by atoms with Crippen molar-refractivity contribution in [3.63, 3.8) is 0 Å². The van der Waals surface area contributed by atoms with E-state index in [1.165, 1.54) is 51.7 Å². The van der Waals surface area contributed by atoms with Gasteiger partial charge in [0.15, 0.2) is 0 Å². The van der Waals surface area contributed by atoms with Gasteiger partial charge in [-0.25, -0.2) is 0 Å². The third-order valence-corrected chi connectivity index (χ3v) is 4.44. The first kappa shape index (κ1) is 13.3. The van der Waals surface area contributed by atoms with E-state index in [-0.39, 0.29) is 6.10 Å². The molecule has 1 aliphatic heterocycles. The van der Waals surface area contributed by atoms with Crippen molar-refractivity contribution in [2.75, 3.05) is 33.4 Å². The van der Waals surface area contributed by atoms with Crippen molar-refractivity contribution in [3.05, 3.63) is 0 Å². The van der Waals surface area contributed by atoms with E-state index in [1.807, 2.05) is 0 Å². The number of likely N-dealkylation sites (tertiary alicyclic amines) is 1. The third-order valence-electron chi connectivity index (χ3n) is 4.44. The molecule has 3 nitrogen and oxygen atoms in total. The molecule has 0 spiro atoms. The quantitative estimate of drug-likeness (QED) is 0.798. The van der Waals surface area contributed by atoms with Crippen molar-refractivity contribution in [2.24, 2.45) is 11.8 Å². The van der Waals surface area contributed by atoms with E-state index in [1.54, 1.807) is 7.11 Å². The number of hydrogen-bond acceptors (Lipinski definition) is 3. The highest BCUT2D eigenvalue weighted by Gasteiger charge is 2.26. The van der Waals surface area contributed by atoms with E-state index < -0.39 is 0 Å². The van der Waals surface area contributed by atoms with Gasteiger partial charge in [0, 0.05) is 13.7 Å². The summed E-state index contributed by atoms with van der Waals surface area (Å²) < 4.78 is 5.26. The molecule has 0 aromatic carbocycles. The fourth-order valence-electron chi connectivity index (χ4n) is 3.43. The maximum Gasteiger partial charge on any atom is 0.0568 e. The van der Waals surface area contributed by atoms with E-state index >= 15 is 0 Å². The van der Waals surface area contributed by atoms with Crippen LogP contribution in [0.3, 0.4) is 0 Å². The van der Waals surface area contributed by atoms with Gasteiger partial charge in [0.2, 0.25) is 0 Å². The van der Waals surface area contributed by atoms with E-state index in [0.29, 0.717) is 5.92 Å². The lowest BCUT2D eigenvalue weighted by atomic mass is 9.97. The molecular formula is C14H27NO2.